The number of hydrogen-bond acceptors (Lipinski definition) is 2. The summed E-state index contributed by atoms with van der Waals surface area (Å²) in [6.45, 7) is 2.15. The molecule has 2 heteroatoms. The Morgan fingerprint density at radius 1 is 1.00 bits per heavy atom. The van der Waals surface area contributed by atoms with E-state index in [-0.39, 0.29) is 0 Å². The average molecular weight is 227 g/mol. The Morgan fingerprint density at radius 2 is 1.71 bits per heavy atom. The summed E-state index contributed by atoms with van der Waals surface area (Å²) >= 11 is 0. The van der Waals surface area contributed by atoms with Gasteiger partial charge in [0.15, 0.2) is 0 Å². The molecule has 88 valence electrons. The van der Waals surface area contributed by atoms with Gasteiger partial charge in [-0.2, -0.15) is 0 Å². The zero-order valence-electron chi connectivity index (χ0n) is 10.2. The molecule has 0 fully saturated rings. The van der Waals surface area contributed by atoms with Crippen LogP contribution in [0.1, 0.15) is 12.5 Å². The Bertz CT molecular complexity index is 491. The van der Waals surface area contributed by atoms with Crippen LogP contribution < -0.4 is 4.90 Å². The Hall–Kier alpha value is -1.96. The van der Waals surface area contributed by atoms with Crippen LogP contribution in [0.15, 0.2) is 48.5 Å². The first kappa shape index (κ1) is 11.5. The second-order valence-electron chi connectivity index (χ2n) is 4.10. The third kappa shape index (κ3) is 2.59. The van der Waals surface area contributed by atoms with Crippen LogP contribution in [0, 0.1) is 0 Å². The van der Waals surface area contributed by atoms with Gasteiger partial charge in [0, 0.05) is 24.5 Å². The van der Waals surface area contributed by atoms with Crippen molar-refractivity contribution in [3.8, 4) is 5.75 Å². The van der Waals surface area contributed by atoms with E-state index < -0.39 is 0 Å². The number of aryl methyl sites for hydroxylation is 1. The largest absolute Gasteiger partial charge is 0.508 e. The van der Waals surface area contributed by atoms with Crippen LogP contribution in [0.5, 0.6) is 5.75 Å². The molecule has 2 aromatic carbocycles. The second-order valence-corrected chi connectivity index (χ2v) is 4.10. The fourth-order valence-electron chi connectivity index (χ4n) is 1.81. The summed E-state index contributed by atoms with van der Waals surface area (Å²) in [6, 6.07) is 15.7. The highest BCUT2D eigenvalue weighted by atomic mass is 16.3. The van der Waals surface area contributed by atoms with E-state index in [1.54, 1.807) is 12.1 Å². The van der Waals surface area contributed by atoms with E-state index in [1.165, 1.54) is 5.56 Å². The van der Waals surface area contributed by atoms with Gasteiger partial charge in [-0.3, -0.25) is 0 Å². The lowest BCUT2D eigenvalue weighted by atomic mass is 10.1. The molecule has 0 unspecified atom stereocenters. The maximum Gasteiger partial charge on any atom is 0.117 e. The first-order valence-corrected chi connectivity index (χ1v) is 5.82. The van der Waals surface area contributed by atoms with Crippen molar-refractivity contribution < 1.29 is 5.11 Å². The lowest BCUT2D eigenvalue weighted by Crippen LogP contribution is -2.08. The predicted molar refractivity (Wildman–Crippen MR) is 72.0 cm³/mol. The summed E-state index contributed by atoms with van der Waals surface area (Å²) in [7, 11) is 2.00. The summed E-state index contributed by atoms with van der Waals surface area (Å²) in [5, 5.41) is 9.46. The molecule has 0 radical (unpaired) electrons. The topological polar surface area (TPSA) is 23.5 Å². The number of aromatic hydroxyl groups is 1. The number of benzene rings is 2. The van der Waals surface area contributed by atoms with Crippen LogP contribution in [-0.4, -0.2) is 12.2 Å². The van der Waals surface area contributed by atoms with E-state index in [2.05, 4.69) is 36.1 Å². The molecule has 2 aromatic rings. The van der Waals surface area contributed by atoms with Crippen molar-refractivity contribution >= 4 is 11.4 Å². The minimum Gasteiger partial charge on any atom is -0.508 e. The lowest BCUT2D eigenvalue weighted by molar-refractivity contribution is 0.475. The molecule has 0 aliphatic carbocycles. The number of nitrogens with zero attached hydrogens (tertiary/aromatic N) is 1. The molecule has 0 bridgehead atoms. The lowest BCUT2D eigenvalue weighted by Gasteiger charge is -2.19. The number of hydrogen-bond donors (Lipinski definition) is 1. The summed E-state index contributed by atoms with van der Waals surface area (Å²) in [4.78, 5) is 2.05. The van der Waals surface area contributed by atoms with Gasteiger partial charge in [-0.05, 0) is 36.2 Å². The maximum atomic E-state index is 9.46. The fraction of sp³-hybridized carbons (Fsp3) is 0.200. The Balaban J connectivity index is 2.27. The Kier molecular flexibility index (Phi) is 3.33. The summed E-state index contributed by atoms with van der Waals surface area (Å²) in [5.41, 5.74) is 3.43. The molecule has 2 rings (SSSR count). The van der Waals surface area contributed by atoms with Crippen LogP contribution in [0.3, 0.4) is 0 Å². The van der Waals surface area contributed by atoms with Crippen LogP contribution in [0.25, 0.3) is 0 Å². The van der Waals surface area contributed by atoms with Gasteiger partial charge in [0.1, 0.15) is 5.75 Å². The first-order valence-electron chi connectivity index (χ1n) is 5.82. The number of phenolic OH excluding ortho intramolecular Hbond substituents is 1. The van der Waals surface area contributed by atoms with Crippen molar-refractivity contribution in [3.63, 3.8) is 0 Å². The molecule has 0 amide bonds. The van der Waals surface area contributed by atoms with Crippen LogP contribution >= 0.6 is 0 Å². The van der Waals surface area contributed by atoms with Gasteiger partial charge < -0.3 is 10.0 Å². The molecule has 0 spiro atoms. The van der Waals surface area contributed by atoms with E-state index in [1.807, 2.05) is 19.2 Å². The number of anilines is 2. The van der Waals surface area contributed by atoms with Gasteiger partial charge >= 0.3 is 0 Å². The molecule has 0 atom stereocenters. The fourth-order valence-corrected chi connectivity index (χ4v) is 1.81. The quantitative estimate of drug-likeness (QED) is 0.863. The second kappa shape index (κ2) is 4.91. The zero-order valence-corrected chi connectivity index (χ0v) is 10.2. The first-order chi connectivity index (χ1) is 8.20. The molecule has 2 nitrogen and oxygen atoms in total. The van der Waals surface area contributed by atoms with E-state index in [0.29, 0.717) is 5.75 Å². The van der Waals surface area contributed by atoms with Gasteiger partial charge in [0.05, 0.1) is 0 Å². The normalized spacial score (nSPS) is 10.2. The SMILES string of the molecule is CCc1ccc(N(C)c2cccc(O)c2)cc1. The van der Waals surface area contributed by atoms with Crippen molar-refractivity contribution in [2.45, 2.75) is 13.3 Å². The van der Waals surface area contributed by atoms with Crippen molar-refractivity contribution in [2.75, 3.05) is 11.9 Å². The molecule has 0 aliphatic rings. The zero-order chi connectivity index (χ0) is 12.3. The third-order valence-electron chi connectivity index (χ3n) is 2.95. The highest BCUT2D eigenvalue weighted by Gasteiger charge is 2.04. The molecule has 0 saturated carbocycles. The van der Waals surface area contributed by atoms with Crippen LogP contribution in [0.2, 0.25) is 0 Å². The van der Waals surface area contributed by atoms with Crippen molar-refractivity contribution in [1.82, 2.24) is 0 Å². The van der Waals surface area contributed by atoms with Crippen molar-refractivity contribution in [3.05, 3.63) is 54.1 Å². The third-order valence-corrected chi connectivity index (χ3v) is 2.95. The molecule has 0 saturated heterocycles. The summed E-state index contributed by atoms with van der Waals surface area (Å²) < 4.78 is 0. The van der Waals surface area contributed by atoms with Crippen LogP contribution in [-0.2, 0) is 6.42 Å². The average Bonchev–Trinajstić information content (AvgIpc) is 2.38. The van der Waals surface area contributed by atoms with Gasteiger partial charge in [0.2, 0.25) is 0 Å². The van der Waals surface area contributed by atoms with E-state index >= 15 is 0 Å². The number of rotatable bonds is 3. The van der Waals surface area contributed by atoms with Gasteiger partial charge in [-0.25, -0.2) is 0 Å². The van der Waals surface area contributed by atoms with E-state index in [9.17, 15) is 5.11 Å². The summed E-state index contributed by atoms with van der Waals surface area (Å²) in [5.74, 6) is 0.291. The van der Waals surface area contributed by atoms with E-state index in [0.717, 1.165) is 17.8 Å². The van der Waals surface area contributed by atoms with Gasteiger partial charge in [-0.1, -0.05) is 25.1 Å². The molecular formula is C15H17NO. The van der Waals surface area contributed by atoms with Gasteiger partial charge in [-0.15, -0.1) is 0 Å². The standard InChI is InChI=1S/C15H17NO/c1-3-12-7-9-13(10-8-12)16(2)14-5-4-6-15(17)11-14/h4-11,17H,3H2,1-2H3. The molecule has 1 N–H and O–H groups in total. The maximum absolute atomic E-state index is 9.46. The van der Waals surface area contributed by atoms with E-state index in [4.69, 9.17) is 0 Å². The Labute approximate surface area is 102 Å². The Morgan fingerprint density at radius 3 is 2.29 bits per heavy atom. The predicted octanol–water partition coefficient (Wildman–Crippen LogP) is 3.72. The highest BCUT2D eigenvalue weighted by molar-refractivity contribution is 5.63. The molecule has 0 aromatic heterocycles. The minimum atomic E-state index is 0.291. The van der Waals surface area contributed by atoms with Crippen LogP contribution in [0.4, 0.5) is 11.4 Å². The highest BCUT2D eigenvalue weighted by Crippen LogP contribution is 2.26. The molecule has 0 aliphatic heterocycles. The molecule has 17 heavy (non-hydrogen) atoms. The van der Waals surface area contributed by atoms with Gasteiger partial charge in [0.25, 0.3) is 0 Å². The molecular weight excluding hydrogens is 210 g/mol. The van der Waals surface area contributed by atoms with Crippen molar-refractivity contribution in [2.24, 2.45) is 0 Å². The molecule has 0 heterocycles. The van der Waals surface area contributed by atoms with Crippen molar-refractivity contribution in [1.29, 1.82) is 0 Å². The summed E-state index contributed by atoms with van der Waals surface area (Å²) in [6.07, 6.45) is 1.05. The minimum absolute atomic E-state index is 0.291. The smallest absolute Gasteiger partial charge is 0.117 e. The monoisotopic (exact) mass is 227 g/mol. The number of phenols is 1.